The van der Waals surface area contributed by atoms with E-state index in [-0.39, 0.29) is 18.1 Å². The third-order valence-corrected chi connectivity index (χ3v) is 5.49. The molecule has 96 valence electrons. The summed E-state index contributed by atoms with van der Waals surface area (Å²) in [5, 5.41) is 14.6. The summed E-state index contributed by atoms with van der Waals surface area (Å²) in [5.74, 6) is 0.0322. The minimum Gasteiger partial charge on any atom is -0.393 e. The number of hydrogen-bond acceptors (Lipinski definition) is 4. The van der Waals surface area contributed by atoms with E-state index in [1.165, 1.54) is 9.40 Å². The van der Waals surface area contributed by atoms with Gasteiger partial charge < -0.3 is 10.4 Å². The first-order chi connectivity index (χ1) is 8.72. The van der Waals surface area contributed by atoms with E-state index in [0.717, 1.165) is 30.6 Å². The van der Waals surface area contributed by atoms with Crippen molar-refractivity contribution in [3.05, 3.63) is 22.4 Å². The fourth-order valence-electron chi connectivity index (χ4n) is 2.35. The molecule has 2 heterocycles. The number of rotatable bonds is 2. The lowest BCUT2D eigenvalue weighted by molar-refractivity contribution is 0.0871. The highest BCUT2D eigenvalue weighted by atomic mass is 32.1. The molecule has 2 aromatic rings. The lowest BCUT2D eigenvalue weighted by Crippen LogP contribution is -2.38. The Bertz CT molecular complexity index is 524. The third kappa shape index (κ3) is 2.43. The number of aliphatic hydroxyl groups is 1. The molecule has 1 aliphatic rings. The molecule has 3 rings (SSSR count). The summed E-state index contributed by atoms with van der Waals surface area (Å²) >= 11 is 3.22. The Labute approximate surface area is 113 Å². The number of amides is 1. The summed E-state index contributed by atoms with van der Waals surface area (Å²) in [7, 11) is 0. The number of nitrogens with one attached hydrogen (secondary N) is 1. The van der Waals surface area contributed by atoms with Crippen molar-refractivity contribution in [2.75, 3.05) is 0 Å². The second-order valence-corrected chi connectivity index (χ2v) is 6.77. The molecule has 1 fully saturated rings. The Morgan fingerprint density at radius 1 is 1.28 bits per heavy atom. The van der Waals surface area contributed by atoms with Gasteiger partial charge in [0, 0.05) is 15.4 Å². The van der Waals surface area contributed by atoms with Crippen LogP contribution < -0.4 is 5.32 Å². The summed E-state index contributed by atoms with van der Waals surface area (Å²) in [6, 6.07) is 4.25. The predicted octanol–water partition coefficient (Wildman–Crippen LogP) is 3.00. The third-order valence-electron chi connectivity index (χ3n) is 3.40. The molecule has 18 heavy (non-hydrogen) atoms. The van der Waals surface area contributed by atoms with Crippen molar-refractivity contribution in [3.63, 3.8) is 0 Å². The van der Waals surface area contributed by atoms with Gasteiger partial charge in [0.05, 0.1) is 11.0 Å². The molecular formula is C13H15NO2S2. The molecule has 0 spiro atoms. The first-order valence-corrected chi connectivity index (χ1v) is 7.88. The minimum atomic E-state index is -0.176. The molecule has 2 N–H and O–H groups in total. The molecule has 0 bridgehead atoms. The summed E-state index contributed by atoms with van der Waals surface area (Å²) in [4.78, 5) is 12.9. The van der Waals surface area contributed by atoms with E-state index in [1.54, 1.807) is 22.7 Å². The first-order valence-electron chi connectivity index (χ1n) is 6.18. The Kier molecular flexibility index (Phi) is 3.37. The SMILES string of the molecule is O=C(NC1CCC(O)CC1)c1cc2sccc2s1. The fraction of sp³-hybridized carbons (Fsp3) is 0.462. The molecule has 0 aliphatic heterocycles. The Hall–Kier alpha value is -0.910. The molecule has 2 aromatic heterocycles. The lowest BCUT2D eigenvalue weighted by Gasteiger charge is -2.25. The van der Waals surface area contributed by atoms with E-state index in [1.807, 2.05) is 11.4 Å². The Morgan fingerprint density at radius 3 is 2.78 bits per heavy atom. The number of thiophene rings is 2. The van der Waals surface area contributed by atoms with Crippen LogP contribution in [0.1, 0.15) is 35.4 Å². The monoisotopic (exact) mass is 281 g/mol. The first kappa shape index (κ1) is 12.1. The van der Waals surface area contributed by atoms with Crippen LogP contribution in [0, 0.1) is 0 Å². The Morgan fingerprint density at radius 2 is 2.06 bits per heavy atom. The van der Waals surface area contributed by atoms with E-state index in [0.29, 0.717) is 0 Å². The minimum absolute atomic E-state index is 0.0322. The summed E-state index contributed by atoms with van der Waals surface area (Å²) in [5.41, 5.74) is 0. The zero-order chi connectivity index (χ0) is 12.5. The van der Waals surface area contributed by atoms with Crippen LogP contribution >= 0.6 is 22.7 Å². The molecule has 1 aliphatic carbocycles. The van der Waals surface area contributed by atoms with E-state index in [2.05, 4.69) is 11.4 Å². The summed E-state index contributed by atoms with van der Waals surface area (Å²) in [6.45, 7) is 0. The zero-order valence-corrected chi connectivity index (χ0v) is 11.5. The largest absolute Gasteiger partial charge is 0.393 e. The number of fused-ring (bicyclic) bond motifs is 1. The average Bonchev–Trinajstić information content (AvgIpc) is 2.92. The molecule has 1 amide bonds. The van der Waals surface area contributed by atoms with Crippen molar-refractivity contribution in [2.45, 2.75) is 37.8 Å². The maximum Gasteiger partial charge on any atom is 0.261 e. The van der Waals surface area contributed by atoms with Gasteiger partial charge in [0.2, 0.25) is 0 Å². The molecule has 0 saturated heterocycles. The quantitative estimate of drug-likeness (QED) is 0.889. The van der Waals surface area contributed by atoms with E-state index < -0.39 is 0 Å². The topological polar surface area (TPSA) is 49.3 Å². The van der Waals surface area contributed by atoms with Gasteiger partial charge in [-0.1, -0.05) is 0 Å². The molecule has 0 radical (unpaired) electrons. The zero-order valence-electron chi connectivity index (χ0n) is 9.89. The molecule has 0 atom stereocenters. The van der Waals surface area contributed by atoms with Gasteiger partial charge in [-0.15, -0.1) is 22.7 Å². The van der Waals surface area contributed by atoms with E-state index >= 15 is 0 Å². The second kappa shape index (κ2) is 4.99. The van der Waals surface area contributed by atoms with Crippen molar-refractivity contribution in [1.29, 1.82) is 0 Å². The highest BCUT2D eigenvalue weighted by Crippen LogP contribution is 2.30. The maximum absolute atomic E-state index is 12.1. The van der Waals surface area contributed by atoms with Crippen molar-refractivity contribution in [1.82, 2.24) is 5.32 Å². The second-order valence-electron chi connectivity index (χ2n) is 4.74. The molecule has 0 unspecified atom stereocenters. The summed E-state index contributed by atoms with van der Waals surface area (Å²) < 4.78 is 2.37. The summed E-state index contributed by atoms with van der Waals surface area (Å²) in [6.07, 6.45) is 3.18. The van der Waals surface area contributed by atoms with E-state index in [9.17, 15) is 9.90 Å². The van der Waals surface area contributed by atoms with Gasteiger partial charge in [-0.05, 0) is 43.2 Å². The highest BCUT2D eigenvalue weighted by molar-refractivity contribution is 7.27. The predicted molar refractivity (Wildman–Crippen MR) is 75.4 cm³/mol. The van der Waals surface area contributed by atoms with Crippen molar-refractivity contribution < 1.29 is 9.90 Å². The molecular weight excluding hydrogens is 266 g/mol. The molecule has 5 heteroatoms. The highest BCUT2D eigenvalue weighted by Gasteiger charge is 2.22. The average molecular weight is 281 g/mol. The Balaban J connectivity index is 1.66. The number of hydrogen-bond donors (Lipinski definition) is 2. The molecule has 1 saturated carbocycles. The molecule has 3 nitrogen and oxygen atoms in total. The van der Waals surface area contributed by atoms with Crippen LogP contribution in [-0.4, -0.2) is 23.2 Å². The van der Waals surface area contributed by atoms with Crippen LogP contribution in [0.3, 0.4) is 0 Å². The van der Waals surface area contributed by atoms with Gasteiger partial charge in [-0.2, -0.15) is 0 Å². The fourth-order valence-corrected chi connectivity index (χ4v) is 4.37. The number of aliphatic hydroxyl groups excluding tert-OH is 1. The van der Waals surface area contributed by atoms with Crippen molar-refractivity contribution in [2.24, 2.45) is 0 Å². The van der Waals surface area contributed by atoms with Gasteiger partial charge in [-0.3, -0.25) is 4.79 Å². The lowest BCUT2D eigenvalue weighted by atomic mass is 9.93. The van der Waals surface area contributed by atoms with Crippen LogP contribution in [0.25, 0.3) is 9.40 Å². The van der Waals surface area contributed by atoms with Crippen LogP contribution in [0.2, 0.25) is 0 Å². The standard InChI is InChI=1S/C13H15NO2S2/c15-9-3-1-8(2-4-9)14-13(16)12-7-11-10(18-12)5-6-17-11/h5-9,15H,1-4H2,(H,14,16). The van der Waals surface area contributed by atoms with Crippen molar-refractivity contribution in [3.8, 4) is 0 Å². The van der Waals surface area contributed by atoms with E-state index in [4.69, 9.17) is 0 Å². The normalized spacial score (nSPS) is 24.3. The van der Waals surface area contributed by atoms with Gasteiger partial charge >= 0.3 is 0 Å². The van der Waals surface area contributed by atoms with Gasteiger partial charge in [-0.25, -0.2) is 0 Å². The van der Waals surface area contributed by atoms with Gasteiger partial charge in [0.25, 0.3) is 5.91 Å². The van der Waals surface area contributed by atoms with Crippen LogP contribution in [0.15, 0.2) is 17.5 Å². The van der Waals surface area contributed by atoms with Crippen LogP contribution in [0.4, 0.5) is 0 Å². The van der Waals surface area contributed by atoms with Crippen LogP contribution in [0.5, 0.6) is 0 Å². The van der Waals surface area contributed by atoms with Crippen molar-refractivity contribution >= 4 is 38.0 Å². The van der Waals surface area contributed by atoms with Gasteiger partial charge in [0.1, 0.15) is 0 Å². The number of carbonyl (C=O) groups excluding carboxylic acids is 1. The maximum atomic E-state index is 12.1. The number of carbonyl (C=O) groups is 1. The van der Waals surface area contributed by atoms with Gasteiger partial charge in [0.15, 0.2) is 0 Å². The molecule has 0 aromatic carbocycles. The van der Waals surface area contributed by atoms with Crippen LogP contribution in [-0.2, 0) is 0 Å². The smallest absolute Gasteiger partial charge is 0.261 e.